The van der Waals surface area contributed by atoms with Gasteiger partial charge in [-0.05, 0) is 24.6 Å². The van der Waals surface area contributed by atoms with Gasteiger partial charge in [0.05, 0.1) is 12.8 Å². The van der Waals surface area contributed by atoms with Crippen molar-refractivity contribution in [2.24, 2.45) is 0 Å². The Morgan fingerprint density at radius 1 is 1.52 bits per heavy atom. The van der Waals surface area contributed by atoms with E-state index >= 15 is 0 Å². The average Bonchev–Trinajstić information content (AvgIpc) is 2.81. The van der Waals surface area contributed by atoms with Crippen LogP contribution in [-0.4, -0.2) is 29.4 Å². The van der Waals surface area contributed by atoms with Gasteiger partial charge in [-0.3, -0.25) is 0 Å². The van der Waals surface area contributed by atoms with Crippen LogP contribution in [0.2, 0.25) is 5.02 Å². The van der Waals surface area contributed by atoms with E-state index in [0.717, 1.165) is 6.42 Å². The molecular formula is C14H17ClN4O2. The topological polar surface area (TPSA) is 82.2 Å². The molecule has 1 aromatic carbocycles. The molecule has 0 saturated carbocycles. The zero-order valence-electron chi connectivity index (χ0n) is 11.9. The second-order valence-electron chi connectivity index (χ2n) is 4.42. The zero-order chi connectivity index (χ0) is 15.4. The Morgan fingerprint density at radius 2 is 2.29 bits per heavy atom. The summed E-state index contributed by atoms with van der Waals surface area (Å²) < 4.78 is 6.24. The van der Waals surface area contributed by atoms with Gasteiger partial charge in [0.15, 0.2) is 5.82 Å². The molecule has 6 nitrogen and oxygen atoms in total. The Labute approximate surface area is 127 Å². The number of benzene rings is 1. The lowest BCUT2D eigenvalue weighted by molar-refractivity contribution is 0.0603. The van der Waals surface area contributed by atoms with Crippen molar-refractivity contribution in [2.45, 2.75) is 13.3 Å². The van der Waals surface area contributed by atoms with Crippen molar-refractivity contribution in [3.8, 4) is 5.69 Å². The van der Waals surface area contributed by atoms with Crippen molar-refractivity contribution in [2.75, 3.05) is 24.7 Å². The maximum Gasteiger partial charge on any atom is 0.345 e. The van der Waals surface area contributed by atoms with E-state index in [2.05, 4.69) is 10.4 Å². The van der Waals surface area contributed by atoms with E-state index in [-0.39, 0.29) is 11.4 Å². The van der Waals surface area contributed by atoms with Gasteiger partial charge in [0.2, 0.25) is 0 Å². The van der Waals surface area contributed by atoms with E-state index in [0.29, 0.717) is 23.1 Å². The number of nitrogens with zero attached hydrogens (tertiary/aromatic N) is 2. The minimum Gasteiger partial charge on any atom is -0.465 e. The third-order valence-electron chi connectivity index (χ3n) is 2.91. The van der Waals surface area contributed by atoms with Crippen molar-refractivity contribution in [3.05, 3.63) is 34.9 Å². The Morgan fingerprint density at radius 3 is 2.90 bits per heavy atom. The highest BCUT2D eigenvalue weighted by molar-refractivity contribution is 6.30. The van der Waals surface area contributed by atoms with Crippen LogP contribution in [0.1, 0.15) is 23.7 Å². The van der Waals surface area contributed by atoms with Crippen molar-refractivity contribution < 1.29 is 9.53 Å². The smallest absolute Gasteiger partial charge is 0.345 e. The molecule has 0 spiro atoms. The number of nitrogen functional groups attached to an aromatic ring is 1. The maximum absolute atomic E-state index is 11.9. The Bertz CT molecular complexity index is 654. The van der Waals surface area contributed by atoms with Crippen LogP contribution in [0.25, 0.3) is 5.69 Å². The molecule has 7 heteroatoms. The fraction of sp³-hybridized carbons (Fsp3) is 0.286. The third kappa shape index (κ3) is 3.11. The van der Waals surface area contributed by atoms with Crippen molar-refractivity contribution in [3.63, 3.8) is 0 Å². The van der Waals surface area contributed by atoms with E-state index in [1.807, 2.05) is 6.92 Å². The molecule has 0 fully saturated rings. The number of esters is 1. The average molecular weight is 309 g/mol. The van der Waals surface area contributed by atoms with Crippen LogP contribution < -0.4 is 11.1 Å². The molecule has 21 heavy (non-hydrogen) atoms. The number of aromatic nitrogens is 2. The van der Waals surface area contributed by atoms with E-state index in [1.54, 1.807) is 24.3 Å². The molecule has 0 radical (unpaired) electrons. The van der Waals surface area contributed by atoms with Gasteiger partial charge in [-0.25, -0.2) is 9.48 Å². The van der Waals surface area contributed by atoms with Crippen LogP contribution in [-0.2, 0) is 4.74 Å². The number of anilines is 2. The lowest BCUT2D eigenvalue weighted by atomic mass is 10.3. The van der Waals surface area contributed by atoms with E-state index in [4.69, 9.17) is 22.1 Å². The van der Waals surface area contributed by atoms with Gasteiger partial charge in [0.1, 0.15) is 11.4 Å². The molecular weight excluding hydrogens is 292 g/mol. The summed E-state index contributed by atoms with van der Waals surface area (Å²) in [6, 6.07) is 7.06. The minimum atomic E-state index is -0.528. The standard InChI is InChI=1S/C14H17ClN4O2/c1-3-7-17-13-11(14(20)21-2)12(16)19(18-13)10-6-4-5-9(15)8-10/h4-6,8H,3,7,16H2,1-2H3,(H,17,18). The first-order valence-corrected chi connectivity index (χ1v) is 6.92. The lowest BCUT2D eigenvalue weighted by Gasteiger charge is -2.04. The number of methoxy groups -OCH3 is 1. The second-order valence-corrected chi connectivity index (χ2v) is 4.86. The first kappa shape index (κ1) is 15.2. The predicted molar refractivity (Wildman–Crippen MR) is 83.1 cm³/mol. The first-order chi connectivity index (χ1) is 10.1. The van der Waals surface area contributed by atoms with Crippen LogP contribution in [0.3, 0.4) is 0 Å². The van der Waals surface area contributed by atoms with Crippen LogP contribution in [0, 0.1) is 0 Å². The summed E-state index contributed by atoms with van der Waals surface area (Å²) in [4.78, 5) is 11.9. The summed E-state index contributed by atoms with van der Waals surface area (Å²) in [5, 5.41) is 7.99. The van der Waals surface area contributed by atoms with E-state index < -0.39 is 5.97 Å². The largest absolute Gasteiger partial charge is 0.465 e. The van der Waals surface area contributed by atoms with E-state index in [1.165, 1.54) is 11.8 Å². The van der Waals surface area contributed by atoms with E-state index in [9.17, 15) is 4.79 Å². The van der Waals surface area contributed by atoms with Gasteiger partial charge in [-0.15, -0.1) is 5.10 Å². The highest BCUT2D eigenvalue weighted by Crippen LogP contribution is 2.26. The molecule has 0 unspecified atom stereocenters. The van der Waals surface area contributed by atoms with Gasteiger partial charge >= 0.3 is 5.97 Å². The zero-order valence-corrected chi connectivity index (χ0v) is 12.6. The number of halogens is 1. The van der Waals surface area contributed by atoms with Gasteiger partial charge < -0.3 is 15.8 Å². The molecule has 0 aliphatic rings. The van der Waals surface area contributed by atoms with Crippen LogP contribution >= 0.6 is 11.6 Å². The highest BCUT2D eigenvalue weighted by atomic mass is 35.5. The molecule has 0 aliphatic heterocycles. The van der Waals surface area contributed by atoms with Crippen LogP contribution in [0.5, 0.6) is 0 Å². The summed E-state index contributed by atoms with van der Waals surface area (Å²) in [5.74, 6) is 0.0864. The molecule has 0 amide bonds. The minimum absolute atomic E-state index is 0.211. The quantitative estimate of drug-likeness (QED) is 0.830. The van der Waals surface area contributed by atoms with Gasteiger partial charge in [0.25, 0.3) is 0 Å². The van der Waals surface area contributed by atoms with Gasteiger partial charge in [-0.2, -0.15) is 0 Å². The number of hydrogen-bond donors (Lipinski definition) is 2. The Kier molecular flexibility index (Phi) is 4.70. The van der Waals surface area contributed by atoms with Crippen LogP contribution in [0.4, 0.5) is 11.6 Å². The number of nitrogens with one attached hydrogen (secondary N) is 1. The number of ether oxygens (including phenoxy) is 1. The lowest BCUT2D eigenvalue weighted by Crippen LogP contribution is -2.09. The Balaban J connectivity index is 2.52. The highest BCUT2D eigenvalue weighted by Gasteiger charge is 2.23. The fourth-order valence-electron chi connectivity index (χ4n) is 1.91. The Hall–Kier alpha value is -2.21. The molecule has 112 valence electrons. The molecule has 2 rings (SSSR count). The number of nitrogens with two attached hydrogens (primary N) is 1. The summed E-state index contributed by atoms with van der Waals surface area (Å²) in [7, 11) is 1.31. The fourth-order valence-corrected chi connectivity index (χ4v) is 2.09. The molecule has 1 aromatic heterocycles. The normalized spacial score (nSPS) is 10.4. The maximum atomic E-state index is 11.9. The molecule has 0 aliphatic carbocycles. The number of carbonyl (C=O) groups is 1. The van der Waals surface area contributed by atoms with Crippen LogP contribution in [0.15, 0.2) is 24.3 Å². The molecule has 1 heterocycles. The molecule has 0 saturated heterocycles. The molecule has 0 bridgehead atoms. The molecule has 3 N–H and O–H groups in total. The number of carbonyl (C=O) groups excluding carboxylic acids is 1. The number of rotatable bonds is 5. The SMILES string of the molecule is CCCNc1nn(-c2cccc(Cl)c2)c(N)c1C(=O)OC. The second kappa shape index (κ2) is 6.49. The summed E-state index contributed by atoms with van der Waals surface area (Å²) >= 11 is 5.98. The third-order valence-corrected chi connectivity index (χ3v) is 3.14. The summed E-state index contributed by atoms with van der Waals surface area (Å²) in [6.07, 6.45) is 0.893. The van der Waals surface area contributed by atoms with Gasteiger partial charge in [-0.1, -0.05) is 24.6 Å². The molecule has 0 atom stereocenters. The van der Waals surface area contributed by atoms with Gasteiger partial charge in [0, 0.05) is 11.6 Å². The monoisotopic (exact) mass is 308 g/mol. The number of hydrogen-bond acceptors (Lipinski definition) is 5. The van der Waals surface area contributed by atoms with Crippen molar-refractivity contribution in [1.29, 1.82) is 0 Å². The predicted octanol–water partition coefficient (Wildman–Crippen LogP) is 2.72. The summed E-state index contributed by atoms with van der Waals surface area (Å²) in [6.45, 7) is 2.69. The first-order valence-electron chi connectivity index (χ1n) is 6.55. The summed E-state index contributed by atoms with van der Waals surface area (Å²) in [5.41, 5.74) is 6.95. The molecule has 2 aromatic rings. The van der Waals surface area contributed by atoms with Crippen molar-refractivity contribution >= 4 is 29.2 Å². The van der Waals surface area contributed by atoms with Crippen molar-refractivity contribution in [1.82, 2.24) is 9.78 Å².